The molecule has 3 aromatic carbocycles. The highest BCUT2D eigenvalue weighted by atomic mass is 16.5. The lowest BCUT2D eigenvalue weighted by atomic mass is 9.97. The Morgan fingerprint density at radius 2 is 1.89 bits per heavy atom. The first-order chi connectivity index (χ1) is 16.9. The van der Waals surface area contributed by atoms with Crippen molar-refractivity contribution in [2.24, 2.45) is 0 Å². The van der Waals surface area contributed by atoms with E-state index < -0.39 is 11.4 Å². The summed E-state index contributed by atoms with van der Waals surface area (Å²) in [5, 5.41) is 11.2. The van der Waals surface area contributed by atoms with E-state index >= 15 is 0 Å². The smallest absolute Gasteiger partial charge is 0.440 e. The summed E-state index contributed by atoms with van der Waals surface area (Å²) in [6, 6.07) is 22.5. The summed E-state index contributed by atoms with van der Waals surface area (Å²) in [4.78, 5) is 36.8. The van der Waals surface area contributed by atoms with Crippen LogP contribution in [0.2, 0.25) is 0 Å². The van der Waals surface area contributed by atoms with Crippen LogP contribution in [0.4, 0.5) is 0 Å². The molecule has 0 bridgehead atoms. The Bertz CT molecular complexity index is 1510. The number of hydrogen-bond donors (Lipinski definition) is 2. The molecule has 0 aliphatic rings. The maximum atomic E-state index is 12.1. The second-order valence-electron chi connectivity index (χ2n) is 7.85. The van der Waals surface area contributed by atoms with Crippen molar-refractivity contribution in [3.63, 3.8) is 0 Å². The molecule has 176 valence electrons. The molecule has 4 rings (SSSR count). The highest BCUT2D eigenvalue weighted by molar-refractivity contribution is 5.95. The van der Waals surface area contributed by atoms with Crippen molar-refractivity contribution in [2.75, 3.05) is 6.54 Å². The number of aryl methyl sites for hydroxylation is 1. The number of carbonyl (C=O) groups is 1. The van der Waals surface area contributed by atoms with E-state index in [1.165, 1.54) is 0 Å². The summed E-state index contributed by atoms with van der Waals surface area (Å²) in [6.07, 6.45) is 0. The van der Waals surface area contributed by atoms with Gasteiger partial charge in [0.25, 0.3) is 5.91 Å². The Hall–Kier alpha value is -4.84. The molecule has 9 nitrogen and oxygen atoms in total. The molecule has 0 saturated carbocycles. The van der Waals surface area contributed by atoms with Crippen LogP contribution < -0.4 is 21.5 Å². The fraction of sp³-hybridized carbons (Fsp3) is 0.154. The largest absolute Gasteiger partial charge is 0.489 e. The first-order valence-corrected chi connectivity index (χ1v) is 10.8. The van der Waals surface area contributed by atoms with Crippen LogP contribution in [0.15, 0.2) is 80.8 Å². The number of amides is 1. The molecule has 0 radical (unpaired) electrons. The minimum Gasteiger partial charge on any atom is -0.489 e. The number of aromatic amines is 1. The minimum atomic E-state index is -0.788. The molecule has 0 aliphatic carbocycles. The third-order valence-corrected chi connectivity index (χ3v) is 5.34. The predicted octanol–water partition coefficient (Wildman–Crippen LogP) is 2.99. The summed E-state index contributed by atoms with van der Waals surface area (Å²) >= 11 is 0. The number of nitriles is 1. The van der Waals surface area contributed by atoms with E-state index in [2.05, 4.69) is 5.32 Å². The van der Waals surface area contributed by atoms with Crippen molar-refractivity contribution in [2.45, 2.75) is 20.1 Å². The van der Waals surface area contributed by atoms with E-state index in [0.29, 0.717) is 17.9 Å². The van der Waals surface area contributed by atoms with Crippen LogP contribution in [0.25, 0.3) is 11.1 Å². The molecule has 0 aliphatic heterocycles. The number of rotatable bonds is 8. The zero-order valence-corrected chi connectivity index (χ0v) is 18.9. The third-order valence-electron chi connectivity index (χ3n) is 5.34. The van der Waals surface area contributed by atoms with Gasteiger partial charge in [-0.25, -0.2) is 14.6 Å². The lowest BCUT2D eigenvalue weighted by Gasteiger charge is -2.11. The number of benzene rings is 3. The third kappa shape index (κ3) is 5.75. The van der Waals surface area contributed by atoms with Crippen molar-refractivity contribution in [3.8, 4) is 22.9 Å². The van der Waals surface area contributed by atoms with Crippen LogP contribution in [0.1, 0.15) is 27.0 Å². The molecule has 0 unspecified atom stereocenters. The normalized spacial score (nSPS) is 10.5. The van der Waals surface area contributed by atoms with Gasteiger partial charge in [-0.05, 0) is 65.1 Å². The van der Waals surface area contributed by atoms with E-state index in [1.54, 1.807) is 36.4 Å². The maximum Gasteiger partial charge on any atom is 0.440 e. The fourth-order valence-corrected chi connectivity index (χ4v) is 3.62. The highest BCUT2D eigenvalue weighted by Gasteiger charge is 2.09. The minimum absolute atomic E-state index is 0.0323. The summed E-state index contributed by atoms with van der Waals surface area (Å²) in [5.74, 6) is -0.408. The quantitative estimate of drug-likeness (QED) is 0.381. The van der Waals surface area contributed by atoms with Crippen LogP contribution in [0.3, 0.4) is 0 Å². The summed E-state index contributed by atoms with van der Waals surface area (Å²) in [6.45, 7) is 2.40. The average Bonchev–Trinajstić information content (AvgIpc) is 3.18. The standard InChI is InChI=1S/C26H22N4O5/c1-17-13-21(24(31)28-12-11-27)7-10-23(17)20-4-2-3-19(14-20)16-34-22-8-5-18(6-9-22)15-30-25(32)29-26(33)35-30/h2-10,13-14H,12,15-16H2,1H3,(H,28,31)(H,29,32,33). The molecular weight excluding hydrogens is 448 g/mol. The molecule has 0 spiro atoms. The molecule has 1 heterocycles. The Kier molecular flexibility index (Phi) is 6.93. The number of aromatic nitrogens is 2. The average molecular weight is 470 g/mol. The summed E-state index contributed by atoms with van der Waals surface area (Å²) in [5.41, 5.74) is 4.61. The Labute approximate surface area is 200 Å². The van der Waals surface area contributed by atoms with Crippen LogP contribution >= 0.6 is 0 Å². The van der Waals surface area contributed by atoms with Crippen LogP contribution in [0.5, 0.6) is 5.75 Å². The monoisotopic (exact) mass is 470 g/mol. The first-order valence-electron chi connectivity index (χ1n) is 10.8. The van der Waals surface area contributed by atoms with Crippen molar-refractivity contribution in [3.05, 3.63) is 110 Å². The van der Waals surface area contributed by atoms with Crippen molar-refractivity contribution < 1.29 is 14.1 Å². The van der Waals surface area contributed by atoms with Crippen LogP contribution in [-0.4, -0.2) is 22.2 Å². The zero-order chi connectivity index (χ0) is 24.8. The summed E-state index contributed by atoms with van der Waals surface area (Å²) < 4.78 is 11.6. The number of ether oxygens (including phenoxy) is 1. The molecule has 0 saturated heterocycles. The van der Waals surface area contributed by atoms with E-state index in [-0.39, 0.29) is 19.0 Å². The molecule has 1 amide bonds. The van der Waals surface area contributed by atoms with Crippen molar-refractivity contribution >= 4 is 5.91 Å². The van der Waals surface area contributed by atoms with Gasteiger partial charge in [-0.2, -0.15) is 5.26 Å². The lowest BCUT2D eigenvalue weighted by molar-refractivity contribution is 0.0958. The molecule has 35 heavy (non-hydrogen) atoms. The first kappa shape index (κ1) is 23.3. The Morgan fingerprint density at radius 1 is 1.09 bits per heavy atom. The second kappa shape index (κ2) is 10.4. The van der Waals surface area contributed by atoms with E-state index in [4.69, 9.17) is 14.5 Å². The summed E-state index contributed by atoms with van der Waals surface area (Å²) in [7, 11) is 0. The van der Waals surface area contributed by atoms with Gasteiger partial charge in [0.2, 0.25) is 0 Å². The van der Waals surface area contributed by atoms with Gasteiger partial charge in [-0.3, -0.25) is 4.79 Å². The van der Waals surface area contributed by atoms with Crippen LogP contribution in [0, 0.1) is 18.3 Å². The van der Waals surface area contributed by atoms with E-state index in [9.17, 15) is 14.4 Å². The topological polar surface area (TPSA) is 130 Å². The molecule has 2 N–H and O–H groups in total. The molecule has 1 aromatic heterocycles. The van der Waals surface area contributed by atoms with Gasteiger partial charge in [-0.15, -0.1) is 4.74 Å². The van der Waals surface area contributed by atoms with Gasteiger partial charge in [0, 0.05) is 5.56 Å². The second-order valence-corrected chi connectivity index (χ2v) is 7.85. The van der Waals surface area contributed by atoms with E-state index in [0.717, 1.165) is 32.6 Å². The van der Waals surface area contributed by atoms with Gasteiger partial charge < -0.3 is 14.6 Å². The van der Waals surface area contributed by atoms with Gasteiger partial charge in [0.05, 0.1) is 12.6 Å². The Balaban J connectivity index is 1.41. The number of nitrogens with zero attached hydrogens (tertiary/aromatic N) is 2. The molecule has 4 aromatic rings. The number of nitrogens with one attached hydrogen (secondary N) is 2. The van der Waals surface area contributed by atoms with Gasteiger partial charge in [0.1, 0.15) is 18.9 Å². The maximum absolute atomic E-state index is 12.1. The van der Waals surface area contributed by atoms with Crippen molar-refractivity contribution in [1.82, 2.24) is 15.0 Å². The molecule has 0 fully saturated rings. The number of carbonyl (C=O) groups excluding carboxylic acids is 1. The van der Waals surface area contributed by atoms with Gasteiger partial charge >= 0.3 is 11.4 Å². The van der Waals surface area contributed by atoms with Gasteiger partial charge in [0.15, 0.2) is 0 Å². The zero-order valence-electron chi connectivity index (χ0n) is 18.9. The number of hydrogen-bond acceptors (Lipinski definition) is 6. The molecular formula is C26H22N4O5. The Morgan fingerprint density at radius 3 is 2.57 bits per heavy atom. The number of H-pyrrole nitrogens is 1. The molecule has 9 heteroatoms. The molecule has 0 atom stereocenters. The SMILES string of the molecule is Cc1cc(C(=O)NCC#N)ccc1-c1cccc(COc2ccc(Cn3oc(=O)[nH]c3=O)cc2)c1. The van der Waals surface area contributed by atoms with Crippen LogP contribution in [-0.2, 0) is 13.2 Å². The van der Waals surface area contributed by atoms with E-state index in [1.807, 2.05) is 48.3 Å². The van der Waals surface area contributed by atoms with Gasteiger partial charge in [-0.1, -0.05) is 36.4 Å². The lowest BCUT2D eigenvalue weighted by Crippen LogP contribution is -2.23. The fourth-order valence-electron chi connectivity index (χ4n) is 3.62. The predicted molar refractivity (Wildman–Crippen MR) is 128 cm³/mol. The van der Waals surface area contributed by atoms with Crippen molar-refractivity contribution in [1.29, 1.82) is 5.26 Å². The highest BCUT2D eigenvalue weighted by Crippen LogP contribution is 2.26.